The highest BCUT2D eigenvalue weighted by molar-refractivity contribution is 5.93. The molecule has 1 aliphatic rings. The number of carbonyl (C=O) groups excluding carboxylic acids is 2. The van der Waals surface area contributed by atoms with E-state index in [0.29, 0.717) is 11.4 Å². The number of benzene rings is 1. The van der Waals surface area contributed by atoms with Gasteiger partial charge in [0.25, 0.3) is 0 Å². The van der Waals surface area contributed by atoms with Crippen molar-refractivity contribution < 1.29 is 14.3 Å². The van der Waals surface area contributed by atoms with Crippen molar-refractivity contribution in [2.75, 3.05) is 17.7 Å². The molecule has 1 aromatic heterocycles. The first-order valence-corrected chi connectivity index (χ1v) is 7.38. The summed E-state index contributed by atoms with van der Waals surface area (Å²) in [5.74, 6) is 0.334. The van der Waals surface area contributed by atoms with Crippen molar-refractivity contribution in [2.45, 2.75) is 12.8 Å². The van der Waals surface area contributed by atoms with Crippen molar-refractivity contribution in [1.29, 1.82) is 0 Å². The molecule has 2 aromatic rings. The molecule has 1 aliphatic carbocycles. The first-order chi connectivity index (χ1) is 11.2. The molecular weight excluding hydrogens is 294 g/mol. The molecule has 1 amide bonds. The molecule has 6 heteroatoms. The van der Waals surface area contributed by atoms with Crippen LogP contribution in [0.2, 0.25) is 0 Å². The molecule has 1 heterocycles. The second-order valence-electron chi connectivity index (χ2n) is 5.39. The van der Waals surface area contributed by atoms with Crippen LogP contribution in [0.25, 0.3) is 0 Å². The van der Waals surface area contributed by atoms with Gasteiger partial charge in [0, 0.05) is 11.6 Å². The molecule has 0 unspecified atom stereocenters. The van der Waals surface area contributed by atoms with Crippen LogP contribution in [-0.4, -0.2) is 24.0 Å². The van der Waals surface area contributed by atoms with Crippen LogP contribution in [-0.2, 0) is 9.53 Å². The van der Waals surface area contributed by atoms with E-state index in [4.69, 9.17) is 4.74 Å². The van der Waals surface area contributed by atoms with Crippen LogP contribution in [0.15, 0.2) is 42.6 Å². The molecule has 0 saturated heterocycles. The smallest absolute Gasteiger partial charge is 0.337 e. The summed E-state index contributed by atoms with van der Waals surface area (Å²) in [6.45, 7) is 0. The van der Waals surface area contributed by atoms with E-state index in [1.807, 2.05) is 12.1 Å². The van der Waals surface area contributed by atoms with Crippen LogP contribution in [0.1, 0.15) is 23.2 Å². The molecule has 0 aliphatic heterocycles. The maximum atomic E-state index is 11.7. The number of rotatable bonds is 5. The summed E-state index contributed by atoms with van der Waals surface area (Å²) in [6, 6.07) is 10.6. The highest BCUT2D eigenvalue weighted by atomic mass is 16.5. The highest BCUT2D eigenvalue weighted by Gasteiger charge is 2.29. The number of hydrogen-bond acceptors (Lipinski definition) is 5. The maximum Gasteiger partial charge on any atom is 0.337 e. The van der Waals surface area contributed by atoms with Gasteiger partial charge >= 0.3 is 5.97 Å². The summed E-state index contributed by atoms with van der Waals surface area (Å²) in [5, 5.41) is 5.94. The number of methoxy groups -OCH3 is 1. The van der Waals surface area contributed by atoms with Gasteiger partial charge in [-0.2, -0.15) is 0 Å². The average Bonchev–Trinajstić information content (AvgIpc) is 3.41. The van der Waals surface area contributed by atoms with Gasteiger partial charge in [0.15, 0.2) is 0 Å². The number of hydrogen-bond donors (Lipinski definition) is 2. The zero-order chi connectivity index (χ0) is 16.2. The van der Waals surface area contributed by atoms with E-state index >= 15 is 0 Å². The van der Waals surface area contributed by atoms with Crippen LogP contribution in [0, 0.1) is 5.92 Å². The van der Waals surface area contributed by atoms with Crippen LogP contribution in [0.5, 0.6) is 0 Å². The molecule has 0 atom stereocenters. The van der Waals surface area contributed by atoms with Crippen molar-refractivity contribution in [2.24, 2.45) is 5.92 Å². The van der Waals surface area contributed by atoms with E-state index in [2.05, 4.69) is 15.6 Å². The summed E-state index contributed by atoms with van der Waals surface area (Å²) in [7, 11) is 1.35. The van der Waals surface area contributed by atoms with Crippen molar-refractivity contribution in [3.8, 4) is 0 Å². The van der Waals surface area contributed by atoms with Gasteiger partial charge in [0.05, 0.1) is 24.6 Å². The predicted octanol–water partition coefficient (Wildman–Crippen LogP) is 2.96. The minimum absolute atomic E-state index is 0.0315. The minimum atomic E-state index is -0.384. The van der Waals surface area contributed by atoms with Crippen molar-refractivity contribution in [1.82, 2.24) is 4.98 Å². The summed E-state index contributed by atoms with van der Waals surface area (Å²) in [5.41, 5.74) is 1.99. The summed E-state index contributed by atoms with van der Waals surface area (Å²) < 4.78 is 4.70. The Morgan fingerprint density at radius 2 is 2.00 bits per heavy atom. The molecule has 6 nitrogen and oxygen atoms in total. The Labute approximate surface area is 133 Å². The van der Waals surface area contributed by atoms with E-state index in [1.165, 1.54) is 7.11 Å². The molecule has 0 bridgehead atoms. The number of anilines is 3. The van der Waals surface area contributed by atoms with Gasteiger partial charge in [-0.1, -0.05) is 6.07 Å². The number of nitrogens with zero attached hydrogens (tertiary/aromatic N) is 1. The van der Waals surface area contributed by atoms with Crippen molar-refractivity contribution in [3.63, 3.8) is 0 Å². The lowest BCUT2D eigenvalue weighted by Gasteiger charge is -2.09. The Hall–Kier alpha value is -2.89. The van der Waals surface area contributed by atoms with E-state index in [0.717, 1.165) is 24.2 Å². The molecule has 1 fully saturated rings. The number of esters is 1. The summed E-state index contributed by atoms with van der Waals surface area (Å²) in [4.78, 5) is 27.4. The Balaban J connectivity index is 1.65. The zero-order valence-corrected chi connectivity index (χ0v) is 12.7. The quantitative estimate of drug-likeness (QED) is 0.830. The van der Waals surface area contributed by atoms with Gasteiger partial charge in [-0.15, -0.1) is 0 Å². The standard InChI is InChI=1S/C17H17N3O3/c1-23-17(22)12-3-2-4-13(9-12)19-14-7-8-15(18-10-14)20-16(21)11-5-6-11/h2-4,7-11,19H,5-6H2,1H3,(H,18,20,21). The second-order valence-corrected chi connectivity index (χ2v) is 5.39. The first kappa shape index (κ1) is 15.0. The number of amides is 1. The lowest BCUT2D eigenvalue weighted by molar-refractivity contribution is -0.117. The van der Waals surface area contributed by atoms with Crippen LogP contribution >= 0.6 is 0 Å². The van der Waals surface area contributed by atoms with Gasteiger partial charge < -0.3 is 15.4 Å². The molecule has 0 spiro atoms. The number of ether oxygens (including phenoxy) is 1. The fourth-order valence-electron chi connectivity index (χ4n) is 2.12. The Kier molecular flexibility index (Phi) is 4.23. The Morgan fingerprint density at radius 3 is 2.65 bits per heavy atom. The van der Waals surface area contributed by atoms with Gasteiger partial charge in [0.1, 0.15) is 5.82 Å². The third-order valence-electron chi connectivity index (χ3n) is 3.54. The van der Waals surface area contributed by atoms with Crippen LogP contribution in [0.4, 0.5) is 17.2 Å². The Bertz CT molecular complexity index is 724. The number of nitrogens with one attached hydrogen (secondary N) is 2. The molecule has 23 heavy (non-hydrogen) atoms. The molecule has 3 rings (SSSR count). The number of aromatic nitrogens is 1. The van der Waals surface area contributed by atoms with Gasteiger partial charge in [0.2, 0.25) is 5.91 Å². The lowest BCUT2D eigenvalue weighted by atomic mass is 10.2. The topological polar surface area (TPSA) is 80.3 Å². The number of carbonyl (C=O) groups is 2. The molecule has 1 saturated carbocycles. The summed E-state index contributed by atoms with van der Waals surface area (Å²) in [6.07, 6.45) is 3.55. The van der Waals surface area contributed by atoms with Gasteiger partial charge in [-0.25, -0.2) is 9.78 Å². The lowest BCUT2D eigenvalue weighted by Crippen LogP contribution is -2.14. The minimum Gasteiger partial charge on any atom is -0.465 e. The fraction of sp³-hybridized carbons (Fsp3) is 0.235. The van der Waals surface area contributed by atoms with Crippen molar-refractivity contribution >= 4 is 29.1 Å². The predicted molar refractivity (Wildman–Crippen MR) is 86.7 cm³/mol. The Morgan fingerprint density at radius 1 is 1.17 bits per heavy atom. The van der Waals surface area contributed by atoms with Gasteiger partial charge in [-0.3, -0.25) is 4.79 Å². The maximum absolute atomic E-state index is 11.7. The normalized spacial score (nSPS) is 13.3. The third kappa shape index (κ3) is 3.85. The van der Waals surface area contributed by atoms with E-state index < -0.39 is 0 Å². The largest absolute Gasteiger partial charge is 0.465 e. The van der Waals surface area contributed by atoms with E-state index in [1.54, 1.807) is 30.5 Å². The monoisotopic (exact) mass is 311 g/mol. The van der Waals surface area contributed by atoms with Crippen LogP contribution < -0.4 is 10.6 Å². The molecule has 118 valence electrons. The van der Waals surface area contributed by atoms with E-state index in [-0.39, 0.29) is 17.8 Å². The molecule has 0 radical (unpaired) electrons. The van der Waals surface area contributed by atoms with E-state index in [9.17, 15) is 9.59 Å². The zero-order valence-electron chi connectivity index (χ0n) is 12.7. The second kappa shape index (κ2) is 6.48. The van der Waals surface area contributed by atoms with Gasteiger partial charge in [-0.05, 0) is 43.2 Å². The highest BCUT2D eigenvalue weighted by Crippen LogP contribution is 2.30. The first-order valence-electron chi connectivity index (χ1n) is 7.38. The average molecular weight is 311 g/mol. The molecule has 1 aromatic carbocycles. The fourth-order valence-corrected chi connectivity index (χ4v) is 2.12. The van der Waals surface area contributed by atoms with Crippen molar-refractivity contribution in [3.05, 3.63) is 48.2 Å². The number of pyridine rings is 1. The van der Waals surface area contributed by atoms with Crippen LogP contribution in [0.3, 0.4) is 0 Å². The molecular formula is C17H17N3O3. The molecule has 2 N–H and O–H groups in total. The SMILES string of the molecule is COC(=O)c1cccc(Nc2ccc(NC(=O)C3CC3)nc2)c1. The third-order valence-corrected chi connectivity index (χ3v) is 3.54. The summed E-state index contributed by atoms with van der Waals surface area (Å²) >= 11 is 0.